The Hall–Kier alpha value is -3.91. The average Bonchev–Trinajstić information content (AvgIpc) is 3.18. The van der Waals surface area contributed by atoms with Gasteiger partial charge in [-0.25, -0.2) is 0 Å². The lowest BCUT2D eigenvalue weighted by molar-refractivity contribution is 0.669. The molecule has 30 heavy (non-hydrogen) atoms. The van der Waals surface area contributed by atoms with Gasteiger partial charge in [-0.05, 0) is 48.0 Å². The summed E-state index contributed by atoms with van der Waals surface area (Å²) in [5.41, 5.74) is 7.34. The lowest BCUT2D eigenvalue weighted by Crippen LogP contribution is -1.86. The van der Waals surface area contributed by atoms with Crippen molar-refractivity contribution in [2.24, 2.45) is 4.99 Å². The van der Waals surface area contributed by atoms with E-state index in [2.05, 4.69) is 84.5 Å². The Labute approximate surface area is 175 Å². The first-order valence-electron chi connectivity index (χ1n) is 10.0. The molecule has 0 amide bonds. The Bertz CT molecular complexity index is 1360. The lowest BCUT2D eigenvalue weighted by Gasteiger charge is -2.05. The third-order valence-electron chi connectivity index (χ3n) is 5.44. The summed E-state index contributed by atoms with van der Waals surface area (Å²) in [6, 6.07) is 33.4. The highest BCUT2D eigenvalue weighted by molar-refractivity contribution is 6.05. The smallest absolute Gasteiger partial charge is 0.136 e. The fraction of sp³-hybridized carbons (Fsp3) is 0.0357. The van der Waals surface area contributed by atoms with Crippen molar-refractivity contribution in [2.45, 2.75) is 6.42 Å². The number of hydrogen-bond donors (Lipinski definition) is 0. The Morgan fingerprint density at radius 2 is 1.43 bits per heavy atom. The summed E-state index contributed by atoms with van der Waals surface area (Å²) >= 11 is 0. The molecule has 1 aromatic heterocycles. The van der Waals surface area contributed by atoms with Gasteiger partial charge in [0.15, 0.2) is 0 Å². The lowest BCUT2D eigenvalue weighted by atomic mass is 10.0. The zero-order valence-electron chi connectivity index (χ0n) is 16.6. The Balaban J connectivity index is 1.41. The van der Waals surface area contributed by atoms with E-state index in [1.807, 2.05) is 30.3 Å². The van der Waals surface area contributed by atoms with Gasteiger partial charge < -0.3 is 4.42 Å². The van der Waals surface area contributed by atoms with Gasteiger partial charge in [0.1, 0.15) is 11.2 Å². The SMILES string of the molecule is C=N/C(=C\Cc1ccc(-c2ccccc2)cc1)c1ccc2c(c1)oc1ccccc12. The molecule has 5 aromatic rings. The number of nitrogens with zero attached hydrogens (tertiary/aromatic N) is 1. The van der Waals surface area contributed by atoms with Crippen molar-refractivity contribution in [3.05, 3.63) is 114 Å². The van der Waals surface area contributed by atoms with Gasteiger partial charge in [0.25, 0.3) is 0 Å². The molecule has 0 saturated carbocycles. The molecular weight excluding hydrogens is 366 g/mol. The summed E-state index contributed by atoms with van der Waals surface area (Å²) in [7, 11) is 0. The summed E-state index contributed by atoms with van der Waals surface area (Å²) < 4.78 is 6.02. The molecule has 144 valence electrons. The van der Waals surface area contributed by atoms with Crippen molar-refractivity contribution in [1.82, 2.24) is 0 Å². The van der Waals surface area contributed by atoms with Crippen LogP contribution in [0.25, 0.3) is 38.8 Å². The second-order valence-corrected chi connectivity index (χ2v) is 7.32. The topological polar surface area (TPSA) is 25.5 Å². The van der Waals surface area contributed by atoms with Gasteiger partial charge in [-0.1, -0.05) is 84.9 Å². The van der Waals surface area contributed by atoms with Gasteiger partial charge >= 0.3 is 0 Å². The van der Waals surface area contributed by atoms with Crippen molar-refractivity contribution < 1.29 is 4.42 Å². The standard InChI is InChI=1S/C28H21NO/c1-29-26(18-13-20-11-14-22(15-12-20)21-7-3-2-4-8-21)23-16-17-25-24-9-5-6-10-27(24)30-28(25)19-23/h2-12,14-19H,1,13H2/b26-18-. The van der Waals surface area contributed by atoms with E-state index in [1.54, 1.807) is 0 Å². The summed E-state index contributed by atoms with van der Waals surface area (Å²) in [6.45, 7) is 3.78. The molecule has 0 saturated heterocycles. The van der Waals surface area contributed by atoms with Crippen molar-refractivity contribution >= 4 is 34.4 Å². The molecule has 0 aliphatic heterocycles. The van der Waals surface area contributed by atoms with Crippen LogP contribution in [0.1, 0.15) is 11.1 Å². The summed E-state index contributed by atoms with van der Waals surface area (Å²) in [5.74, 6) is 0. The molecule has 0 aliphatic carbocycles. The zero-order valence-corrected chi connectivity index (χ0v) is 16.6. The average molecular weight is 387 g/mol. The largest absolute Gasteiger partial charge is 0.456 e. The van der Waals surface area contributed by atoms with Crippen LogP contribution in [0.2, 0.25) is 0 Å². The fourth-order valence-electron chi connectivity index (χ4n) is 3.84. The summed E-state index contributed by atoms with van der Waals surface area (Å²) in [6.07, 6.45) is 2.91. The summed E-state index contributed by atoms with van der Waals surface area (Å²) in [4.78, 5) is 4.27. The molecular formula is C28H21NO. The van der Waals surface area contributed by atoms with E-state index in [0.717, 1.165) is 39.6 Å². The van der Waals surface area contributed by atoms with Gasteiger partial charge in [0, 0.05) is 16.3 Å². The van der Waals surface area contributed by atoms with Crippen LogP contribution in [0, 0.1) is 0 Å². The number of furan rings is 1. The molecule has 0 unspecified atom stereocenters. The summed E-state index contributed by atoms with van der Waals surface area (Å²) in [5, 5.41) is 2.25. The highest BCUT2D eigenvalue weighted by Gasteiger charge is 2.08. The second-order valence-electron chi connectivity index (χ2n) is 7.32. The van der Waals surface area contributed by atoms with E-state index in [0.29, 0.717) is 0 Å². The predicted octanol–water partition coefficient (Wildman–Crippen LogP) is 7.54. The second kappa shape index (κ2) is 7.84. The van der Waals surface area contributed by atoms with E-state index in [1.165, 1.54) is 16.7 Å². The number of allylic oxidation sites excluding steroid dienone is 1. The van der Waals surface area contributed by atoms with Crippen molar-refractivity contribution in [1.29, 1.82) is 0 Å². The molecule has 2 nitrogen and oxygen atoms in total. The molecule has 5 rings (SSSR count). The maximum Gasteiger partial charge on any atom is 0.136 e. The van der Waals surface area contributed by atoms with E-state index in [4.69, 9.17) is 4.42 Å². The number of rotatable bonds is 5. The molecule has 2 heteroatoms. The highest BCUT2D eigenvalue weighted by Crippen LogP contribution is 2.31. The van der Waals surface area contributed by atoms with Crippen LogP contribution in [-0.2, 0) is 6.42 Å². The zero-order chi connectivity index (χ0) is 20.3. The van der Waals surface area contributed by atoms with Gasteiger partial charge in [-0.15, -0.1) is 0 Å². The maximum atomic E-state index is 6.02. The van der Waals surface area contributed by atoms with E-state index in [9.17, 15) is 0 Å². The monoisotopic (exact) mass is 387 g/mol. The van der Waals surface area contributed by atoms with Gasteiger partial charge in [0.05, 0.1) is 5.70 Å². The van der Waals surface area contributed by atoms with Crippen molar-refractivity contribution in [2.75, 3.05) is 0 Å². The van der Waals surface area contributed by atoms with Crippen molar-refractivity contribution in [3.63, 3.8) is 0 Å². The van der Waals surface area contributed by atoms with Crippen LogP contribution < -0.4 is 0 Å². The molecule has 0 fully saturated rings. The van der Waals surface area contributed by atoms with E-state index >= 15 is 0 Å². The fourth-order valence-corrected chi connectivity index (χ4v) is 3.84. The quantitative estimate of drug-likeness (QED) is 0.286. The van der Waals surface area contributed by atoms with Crippen LogP contribution in [0.15, 0.2) is 113 Å². The minimum atomic E-state index is 0.793. The molecule has 0 spiro atoms. The molecule has 0 radical (unpaired) electrons. The number of fused-ring (bicyclic) bond motifs is 3. The maximum absolute atomic E-state index is 6.02. The van der Waals surface area contributed by atoms with E-state index < -0.39 is 0 Å². The molecule has 0 bridgehead atoms. The van der Waals surface area contributed by atoms with Crippen LogP contribution in [0.5, 0.6) is 0 Å². The molecule has 1 heterocycles. The third-order valence-corrected chi connectivity index (χ3v) is 5.44. The number of para-hydroxylation sites is 1. The predicted molar refractivity (Wildman–Crippen MR) is 127 cm³/mol. The molecule has 4 aromatic carbocycles. The van der Waals surface area contributed by atoms with Crippen LogP contribution in [0.3, 0.4) is 0 Å². The molecule has 0 aliphatic rings. The Morgan fingerprint density at radius 3 is 2.23 bits per heavy atom. The van der Waals surface area contributed by atoms with Gasteiger partial charge in [-0.3, -0.25) is 4.99 Å². The number of hydrogen-bond acceptors (Lipinski definition) is 2. The third kappa shape index (κ3) is 3.44. The Morgan fingerprint density at radius 1 is 0.733 bits per heavy atom. The number of aliphatic imine (C=N–C) groups is 1. The first-order valence-corrected chi connectivity index (χ1v) is 10.0. The molecule has 0 N–H and O–H groups in total. The first kappa shape index (κ1) is 18.1. The molecule has 0 atom stereocenters. The van der Waals surface area contributed by atoms with Crippen LogP contribution >= 0.6 is 0 Å². The minimum absolute atomic E-state index is 0.793. The first-order chi connectivity index (χ1) is 14.8. The Kier molecular flexibility index (Phi) is 4.74. The normalized spacial score (nSPS) is 11.8. The minimum Gasteiger partial charge on any atom is -0.456 e. The number of benzene rings is 4. The van der Waals surface area contributed by atoms with Crippen LogP contribution in [0.4, 0.5) is 0 Å². The van der Waals surface area contributed by atoms with Gasteiger partial charge in [0.2, 0.25) is 0 Å². The van der Waals surface area contributed by atoms with Crippen LogP contribution in [-0.4, -0.2) is 6.72 Å². The van der Waals surface area contributed by atoms with Crippen molar-refractivity contribution in [3.8, 4) is 11.1 Å². The van der Waals surface area contributed by atoms with E-state index in [-0.39, 0.29) is 0 Å². The highest BCUT2D eigenvalue weighted by atomic mass is 16.3. The van der Waals surface area contributed by atoms with Gasteiger partial charge in [-0.2, -0.15) is 0 Å².